The van der Waals surface area contributed by atoms with Crippen LogP contribution in [0.5, 0.6) is 0 Å². The summed E-state index contributed by atoms with van der Waals surface area (Å²) in [5, 5.41) is 7.28. The van der Waals surface area contributed by atoms with Gasteiger partial charge in [-0.15, -0.1) is 11.3 Å². The topological polar surface area (TPSA) is 16.4 Å². The van der Waals surface area contributed by atoms with Gasteiger partial charge in [-0.05, 0) is 81.6 Å². The number of hydrogen-bond donors (Lipinski definition) is 0. The van der Waals surface area contributed by atoms with Crippen LogP contribution in [0.2, 0.25) is 0 Å². The Morgan fingerprint density at radius 3 is 1.82 bits per heavy atom. The molecule has 0 fully saturated rings. The molecule has 0 atom stereocenters. The minimum atomic E-state index is 0.904. The predicted octanol–water partition coefficient (Wildman–Crippen LogP) is 15.6. The van der Waals surface area contributed by atoms with Gasteiger partial charge in [-0.25, -0.2) is 0 Å². The normalized spacial score (nSPS) is 11.6. The molecule has 0 unspecified atom stereocenters. The quantitative estimate of drug-likeness (QED) is 0.170. The summed E-state index contributed by atoms with van der Waals surface area (Å²) in [5.74, 6) is 0. The van der Waals surface area contributed by atoms with Crippen molar-refractivity contribution in [3.05, 3.63) is 200 Å². The molecule has 2 nitrogen and oxygen atoms in total. The van der Waals surface area contributed by atoms with Crippen molar-refractivity contribution < 1.29 is 4.42 Å². The molecule has 0 spiro atoms. The summed E-state index contributed by atoms with van der Waals surface area (Å²) in [4.78, 5) is 2.38. The summed E-state index contributed by atoms with van der Waals surface area (Å²) < 4.78 is 9.25. The van der Waals surface area contributed by atoms with Crippen LogP contribution in [0, 0.1) is 0 Å². The second kappa shape index (κ2) is 12.9. The van der Waals surface area contributed by atoms with Crippen molar-refractivity contribution in [2.75, 3.05) is 4.90 Å². The Labute approximate surface area is 322 Å². The van der Waals surface area contributed by atoms with E-state index < -0.39 is 0 Å². The first-order valence-corrected chi connectivity index (χ1v) is 19.5. The number of nitrogens with zero attached hydrogens (tertiary/aromatic N) is 1. The molecule has 258 valence electrons. The monoisotopic (exact) mass is 719 g/mol. The van der Waals surface area contributed by atoms with Crippen LogP contribution < -0.4 is 4.90 Å². The molecule has 0 aliphatic carbocycles. The van der Waals surface area contributed by atoms with Crippen molar-refractivity contribution in [2.45, 2.75) is 0 Å². The first-order valence-electron chi connectivity index (χ1n) is 18.7. The van der Waals surface area contributed by atoms with Crippen LogP contribution in [0.1, 0.15) is 0 Å². The average Bonchev–Trinajstić information content (AvgIpc) is 3.82. The number of benzene rings is 9. The SMILES string of the molecule is c1ccc(-c2ccccc2N(c2ccc(-c3c4ccccc4cc4c3oc3ccccc34)cc2)c2ccc(-c3cccc4c3sc3ccccc34)cc2)cc1. The number of rotatable bonds is 6. The Morgan fingerprint density at radius 2 is 1.00 bits per heavy atom. The molecule has 9 aromatic carbocycles. The van der Waals surface area contributed by atoms with E-state index in [0.29, 0.717) is 0 Å². The largest absolute Gasteiger partial charge is 0.455 e. The van der Waals surface area contributed by atoms with Crippen molar-refractivity contribution in [2.24, 2.45) is 0 Å². The minimum absolute atomic E-state index is 0.904. The molecule has 0 saturated carbocycles. The number of hydrogen-bond acceptors (Lipinski definition) is 3. The molecule has 2 aromatic heterocycles. The van der Waals surface area contributed by atoms with Gasteiger partial charge in [0.2, 0.25) is 0 Å². The van der Waals surface area contributed by atoms with E-state index in [1.54, 1.807) is 0 Å². The van der Waals surface area contributed by atoms with Gasteiger partial charge in [-0.3, -0.25) is 0 Å². The highest BCUT2D eigenvalue weighted by molar-refractivity contribution is 7.26. The smallest absolute Gasteiger partial charge is 0.143 e. The van der Waals surface area contributed by atoms with Gasteiger partial charge in [-0.2, -0.15) is 0 Å². The number of fused-ring (bicyclic) bond motifs is 7. The molecule has 55 heavy (non-hydrogen) atoms. The summed E-state index contributed by atoms with van der Waals surface area (Å²) in [6.45, 7) is 0. The van der Waals surface area contributed by atoms with Gasteiger partial charge in [0.25, 0.3) is 0 Å². The lowest BCUT2D eigenvalue weighted by atomic mass is 9.95. The second-order valence-corrected chi connectivity index (χ2v) is 15.1. The van der Waals surface area contributed by atoms with E-state index in [0.717, 1.165) is 50.1 Å². The molecule has 0 amide bonds. The van der Waals surface area contributed by atoms with Crippen LogP contribution in [0.4, 0.5) is 17.1 Å². The number of anilines is 3. The van der Waals surface area contributed by atoms with E-state index in [9.17, 15) is 0 Å². The molecule has 11 rings (SSSR count). The van der Waals surface area contributed by atoms with Crippen molar-refractivity contribution in [1.82, 2.24) is 0 Å². The average molecular weight is 720 g/mol. The summed E-state index contributed by atoms with van der Waals surface area (Å²) in [7, 11) is 0. The molecule has 0 saturated heterocycles. The molecular weight excluding hydrogens is 687 g/mol. The van der Waals surface area contributed by atoms with Gasteiger partial charge in [0.1, 0.15) is 11.2 Å². The third-order valence-corrected chi connectivity index (χ3v) is 12.1. The second-order valence-electron chi connectivity index (χ2n) is 14.0. The fourth-order valence-electron chi connectivity index (χ4n) is 8.31. The fraction of sp³-hybridized carbons (Fsp3) is 0. The molecule has 3 heteroatoms. The van der Waals surface area contributed by atoms with Gasteiger partial charge in [0.15, 0.2) is 0 Å². The maximum atomic E-state index is 6.61. The van der Waals surface area contributed by atoms with Gasteiger partial charge in [0, 0.05) is 53.4 Å². The van der Waals surface area contributed by atoms with Gasteiger partial charge < -0.3 is 9.32 Å². The summed E-state index contributed by atoms with van der Waals surface area (Å²) >= 11 is 1.87. The number of para-hydroxylation sites is 2. The fourth-order valence-corrected chi connectivity index (χ4v) is 9.55. The molecule has 0 N–H and O–H groups in total. The molecular formula is C52H33NOS. The first-order chi connectivity index (χ1) is 27.3. The van der Waals surface area contributed by atoms with Gasteiger partial charge >= 0.3 is 0 Å². The lowest BCUT2D eigenvalue weighted by molar-refractivity contribution is 0.670. The van der Waals surface area contributed by atoms with E-state index in [-0.39, 0.29) is 0 Å². The van der Waals surface area contributed by atoms with Crippen LogP contribution in [0.3, 0.4) is 0 Å². The van der Waals surface area contributed by atoms with Crippen molar-refractivity contribution >= 4 is 81.3 Å². The summed E-state index contributed by atoms with van der Waals surface area (Å²) in [6.07, 6.45) is 0. The summed E-state index contributed by atoms with van der Waals surface area (Å²) in [5.41, 5.74) is 12.2. The number of thiophene rings is 1. The minimum Gasteiger partial charge on any atom is -0.455 e. The Morgan fingerprint density at radius 1 is 0.400 bits per heavy atom. The predicted molar refractivity (Wildman–Crippen MR) is 235 cm³/mol. The standard InChI is InChI=1S/C52H33NOS/c1-2-13-34(14-3-1)40-16-6-9-22-47(40)53(38-29-25-35(26-30-38)42-20-12-21-45-44-19-8-11-24-49(44)55-52(42)45)39-31-27-36(28-32-39)50-41-17-5-4-15-37(41)33-46-43-18-7-10-23-48(43)54-51(46)50/h1-33H. The molecule has 2 heterocycles. The Kier molecular flexibility index (Phi) is 7.39. The van der Waals surface area contributed by atoms with E-state index >= 15 is 0 Å². The lowest BCUT2D eigenvalue weighted by Gasteiger charge is -2.28. The van der Waals surface area contributed by atoms with E-state index in [1.165, 1.54) is 53.2 Å². The maximum absolute atomic E-state index is 6.61. The van der Waals surface area contributed by atoms with Gasteiger partial charge in [-0.1, -0.05) is 152 Å². The Balaban J connectivity index is 1.07. The van der Waals surface area contributed by atoms with Crippen molar-refractivity contribution in [3.63, 3.8) is 0 Å². The van der Waals surface area contributed by atoms with Crippen LogP contribution >= 0.6 is 11.3 Å². The zero-order chi connectivity index (χ0) is 36.3. The highest BCUT2D eigenvalue weighted by Crippen LogP contribution is 2.45. The zero-order valence-electron chi connectivity index (χ0n) is 29.8. The van der Waals surface area contributed by atoms with E-state index in [1.807, 2.05) is 17.4 Å². The Hall–Kier alpha value is -6.94. The van der Waals surface area contributed by atoms with Crippen LogP contribution in [-0.4, -0.2) is 0 Å². The van der Waals surface area contributed by atoms with Gasteiger partial charge in [0.05, 0.1) is 5.69 Å². The third kappa shape index (κ3) is 5.24. The van der Waals surface area contributed by atoms with Crippen molar-refractivity contribution in [1.29, 1.82) is 0 Å². The van der Waals surface area contributed by atoms with Crippen LogP contribution in [-0.2, 0) is 0 Å². The lowest BCUT2D eigenvalue weighted by Crippen LogP contribution is -2.11. The molecule has 0 bridgehead atoms. The maximum Gasteiger partial charge on any atom is 0.143 e. The number of furan rings is 1. The van der Waals surface area contributed by atoms with Crippen LogP contribution in [0.15, 0.2) is 205 Å². The molecule has 11 aromatic rings. The van der Waals surface area contributed by atoms with Crippen LogP contribution in [0.25, 0.3) is 86.3 Å². The highest BCUT2D eigenvalue weighted by atomic mass is 32.1. The van der Waals surface area contributed by atoms with E-state index in [4.69, 9.17) is 4.42 Å². The first kappa shape index (κ1) is 31.6. The Bertz CT molecular complexity index is 3190. The third-order valence-electron chi connectivity index (χ3n) is 10.9. The van der Waals surface area contributed by atoms with Crippen molar-refractivity contribution in [3.8, 4) is 33.4 Å². The molecule has 0 aliphatic heterocycles. The zero-order valence-corrected chi connectivity index (χ0v) is 30.6. The molecule has 0 aliphatic rings. The highest BCUT2D eigenvalue weighted by Gasteiger charge is 2.20. The van der Waals surface area contributed by atoms with E-state index in [2.05, 4.69) is 199 Å². The summed E-state index contributed by atoms with van der Waals surface area (Å²) in [6, 6.07) is 72.1. The molecule has 0 radical (unpaired) electrons.